The molecule has 0 saturated heterocycles. The van der Waals surface area contributed by atoms with Crippen molar-refractivity contribution in [1.82, 2.24) is 5.32 Å². The molecule has 6 heteroatoms. The van der Waals surface area contributed by atoms with Crippen LogP contribution in [0.1, 0.15) is 55.3 Å². The standard InChI is InChI=1S/C23H29N3O3/c1-2-29-22(28)16-20(18-9-4-3-5-10-18)26-21(27)11-7-6-8-17-12-14-19(15-13-17)23(24)25/h3-5,9-10,12-15,20H,2,6-8,11,16H2,1H3,(H3,24,25)(H,26,27). The van der Waals surface area contributed by atoms with Crippen LogP contribution in [-0.2, 0) is 20.7 Å². The van der Waals surface area contributed by atoms with Crippen LogP contribution in [0.25, 0.3) is 0 Å². The maximum atomic E-state index is 12.4. The minimum absolute atomic E-state index is 0.0593. The molecule has 6 nitrogen and oxygen atoms in total. The third-order valence-corrected chi connectivity index (χ3v) is 4.60. The van der Waals surface area contributed by atoms with Crippen molar-refractivity contribution in [3.63, 3.8) is 0 Å². The van der Waals surface area contributed by atoms with Crippen LogP contribution in [-0.4, -0.2) is 24.3 Å². The first-order valence-corrected chi connectivity index (χ1v) is 9.93. The Morgan fingerprint density at radius 2 is 1.76 bits per heavy atom. The van der Waals surface area contributed by atoms with Gasteiger partial charge in [0.2, 0.25) is 5.91 Å². The Morgan fingerprint density at radius 1 is 1.07 bits per heavy atom. The maximum Gasteiger partial charge on any atom is 0.308 e. The molecule has 154 valence electrons. The summed E-state index contributed by atoms with van der Waals surface area (Å²) < 4.78 is 5.03. The van der Waals surface area contributed by atoms with Gasteiger partial charge in [-0.25, -0.2) is 0 Å². The van der Waals surface area contributed by atoms with Gasteiger partial charge in [0, 0.05) is 12.0 Å². The number of hydrogen-bond acceptors (Lipinski definition) is 4. The van der Waals surface area contributed by atoms with Gasteiger partial charge in [0.25, 0.3) is 0 Å². The summed E-state index contributed by atoms with van der Waals surface area (Å²) in [5.41, 5.74) is 8.21. The van der Waals surface area contributed by atoms with Crippen LogP contribution in [0.2, 0.25) is 0 Å². The molecule has 0 aromatic heterocycles. The minimum Gasteiger partial charge on any atom is -0.466 e. The molecule has 0 fully saturated rings. The van der Waals surface area contributed by atoms with Gasteiger partial charge in [-0.2, -0.15) is 0 Å². The predicted octanol–water partition coefficient (Wildman–Crippen LogP) is 3.49. The number of rotatable bonds is 11. The first kappa shape index (κ1) is 22.1. The number of nitrogen functional groups attached to an aromatic ring is 1. The van der Waals surface area contributed by atoms with E-state index < -0.39 is 0 Å². The molecule has 0 radical (unpaired) electrons. The fourth-order valence-corrected chi connectivity index (χ4v) is 3.06. The van der Waals surface area contributed by atoms with E-state index in [2.05, 4.69) is 5.32 Å². The Morgan fingerprint density at radius 3 is 2.38 bits per heavy atom. The fraction of sp³-hybridized carbons (Fsp3) is 0.348. The molecule has 1 amide bonds. The van der Waals surface area contributed by atoms with Gasteiger partial charge in [0.1, 0.15) is 5.84 Å². The molecule has 2 aromatic carbocycles. The van der Waals surface area contributed by atoms with Crippen LogP contribution >= 0.6 is 0 Å². The number of nitrogens with two attached hydrogens (primary N) is 1. The summed E-state index contributed by atoms with van der Waals surface area (Å²) >= 11 is 0. The van der Waals surface area contributed by atoms with Crippen molar-refractivity contribution in [2.75, 3.05) is 6.61 Å². The average molecular weight is 396 g/mol. The van der Waals surface area contributed by atoms with E-state index in [0.717, 1.165) is 30.4 Å². The van der Waals surface area contributed by atoms with Gasteiger partial charge >= 0.3 is 5.97 Å². The molecule has 0 bridgehead atoms. The molecule has 0 aliphatic carbocycles. The molecule has 0 spiro atoms. The zero-order chi connectivity index (χ0) is 21.1. The molecular weight excluding hydrogens is 366 g/mol. The molecule has 4 N–H and O–H groups in total. The molecule has 0 heterocycles. The van der Waals surface area contributed by atoms with Gasteiger partial charge < -0.3 is 15.8 Å². The summed E-state index contributed by atoms with van der Waals surface area (Å²) in [5, 5.41) is 10.4. The second-order valence-electron chi connectivity index (χ2n) is 6.86. The van der Waals surface area contributed by atoms with E-state index in [1.165, 1.54) is 0 Å². The van der Waals surface area contributed by atoms with E-state index in [9.17, 15) is 9.59 Å². The highest BCUT2D eigenvalue weighted by Crippen LogP contribution is 2.18. The lowest BCUT2D eigenvalue weighted by Gasteiger charge is -2.18. The highest BCUT2D eigenvalue weighted by molar-refractivity contribution is 5.94. The van der Waals surface area contributed by atoms with Gasteiger partial charge in [-0.1, -0.05) is 54.6 Å². The van der Waals surface area contributed by atoms with Gasteiger partial charge in [0.05, 0.1) is 19.1 Å². The third-order valence-electron chi connectivity index (χ3n) is 4.60. The van der Waals surface area contributed by atoms with Gasteiger partial charge in [-0.3, -0.25) is 15.0 Å². The quantitative estimate of drug-likeness (QED) is 0.234. The number of unbranched alkanes of at least 4 members (excludes halogenated alkanes) is 1. The van der Waals surface area contributed by atoms with Crippen molar-refractivity contribution in [2.45, 2.75) is 45.1 Å². The van der Waals surface area contributed by atoms with E-state index in [0.29, 0.717) is 18.6 Å². The normalized spacial score (nSPS) is 11.5. The van der Waals surface area contributed by atoms with Crippen molar-refractivity contribution in [1.29, 1.82) is 5.41 Å². The van der Waals surface area contributed by atoms with Gasteiger partial charge in [-0.15, -0.1) is 0 Å². The van der Waals surface area contributed by atoms with Crippen LogP contribution in [0.4, 0.5) is 0 Å². The van der Waals surface area contributed by atoms with Crippen LogP contribution in [0.15, 0.2) is 54.6 Å². The number of amides is 1. The second kappa shape index (κ2) is 11.6. The number of carbonyl (C=O) groups excluding carboxylic acids is 2. The first-order valence-electron chi connectivity index (χ1n) is 9.93. The molecular formula is C23H29N3O3. The van der Waals surface area contributed by atoms with Crippen molar-refractivity contribution < 1.29 is 14.3 Å². The monoisotopic (exact) mass is 395 g/mol. The number of hydrogen-bond donors (Lipinski definition) is 3. The number of benzene rings is 2. The van der Waals surface area contributed by atoms with Crippen molar-refractivity contribution in [3.8, 4) is 0 Å². The average Bonchev–Trinajstić information content (AvgIpc) is 2.72. The number of aryl methyl sites for hydroxylation is 1. The number of amidine groups is 1. The topological polar surface area (TPSA) is 105 Å². The molecule has 0 aliphatic rings. The van der Waals surface area contributed by atoms with E-state index in [4.69, 9.17) is 15.9 Å². The largest absolute Gasteiger partial charge is 0.466 e. The van der Waals surface area contributed by atoms with Crippen molar-refractivity contribution in [3.05, 3.63) is 71.3 Å². The van der Waals surface area contributed by atoms with E-state index >= 15 is 0 Å². The predicted molar refractivity (Wildman–Crippen MR) is 114 cm³/mol. The molecule has 2 aromatic rings. The summed E-state index contributed by atoms with van der Waals surface area (Å²) in [6, 6.07) is 16.7. The van der Waals surface area contributed by atoms with Crippen molar-refractivity contribution in [2.24, 2.45) is 5.73 Å². The van der Waals surface area contributed by atoms with Gasteiger partial charge in [-0.05, 0) is 37.3 Å². The number of carbonyl (C=O) groups is 2. The van der Waals surface area contributed by atoms with Gasteiger partial charge in [0.15, 0.2) is 0 Å². The molecule has 29 heavy (non-hydrogen) atoms. The maximum absolute atomic E-state index is 12.4. The lowest BCUT2D eigenvalue weighted by Crippen LogP contribution is -2.30. The highest BCUT2D eigenvalue weighted by atomic mass is 16.5. The molecule has 1 atom stereocenters. The molecule has 0 saturated carbocycles. The zero-order valence-corrected chi connectivity index (χ0v) is 16.8. The van der Waals surface area contributed by atoms with Crippen LogP contribution < -0.4 is 11.1 Å². The lowest BCUT2D eigenvalue weighted by molar-refractivity contribution is -0.143. The summed E-state index contributed by atoms with van der Waals surface area (Å²) in [4.78, 5) is 24.3. The second-order valence-corrected chi connectivity index (χ2v) is 6.86. The van der Waals surface area contributed by atoms with Crippen LogP contribution in [0.3, 0.4) is 0 Å². The van der Waals surface area contributed by atoms with Crippen molar-refractivity contribution >= 4 is 17.7 Å². The fourth-order valence-electron chi connectivity index (χ4n) is 3.06. The molecule has 1 unspecified atom stereocenters. The SMILES string of the molecule is CCOC(=O)CC(NC(=O)CCCCc1ccc(C(=N)N)cc1)c1ccccc1. The summed E-state index contributed by atoms with van der Waals surface area (Å²) in [6.07, 6.45) is 3.00. The molecule has 0 aliphatic heterocycles. The highest BCUT2D eigenvalue weighted by Gasteiger charge is 2.18. The Balaban J connectivity index is 1.81. The lowest BCUT2D eigenvalue weighted by atomic mass is 10.0. The third kappa shape index (κ3) is 7.78. The Bertz CT molecular complexity index is 804. The smallest absolute Gasteiger partial charge is 0.308 e. The van der Waals surface area contributed by atoms with E-state index in [1.807, 2.05) is 54.6 Å². The van der Waals surface area contributed by atoms with Crippen LogP contribution in [0, 0.1) is 5.41 Å². The summed E-state index contributed by atoms with van der Waals surface area (Å²) in [6.45, 7) is 2.09. The van der Waals surface area contributed by atoms with E-state index in [-0.39, 0.29) is 30.2 Å². The molecule has 2 rings (SSSR count). The summed E-state index contributed by atoms with van der Waals surface area (Å²) in [5.74, 6) is -0.338. The number of ether oxygens (including phenoxy) is 1. The Kier molecular flexibility index (Phi) is 8.89. The number of nitrogens with one attached hydrogen (secondary N) is 2. The Hall–Kier alpha value is -3.15. The van der Waals surface area contributed by atoms with E-state index in [1.54, 1.807) is 6.92 Å². The number of esters is 1. The minimum atomic E-state index is -0.387. The zero-order valence-electron chi connectivity index (χ0n) is 16.8. The first-order chi connectivity index (χ1) is 14.0. The summed E-state index contributed by atoms with van der Waals surface area (Å²) in [7, 11) is 0. The Labute approximate surface area is 172 Å². The van der Waals surface area contributed by atoms with Crippen LogP contribution in [0.5, 0.6) is 0 Å².